The Morgan fingerprint density at radius 2 is 1.95 bits per heavy atom. The molecule has 94 valence electrons. The van der Waals surface area contributed by atoms with Gasteiger partial charge in [-0.1, -0.05) is 30.3 Å². The molecule has 0 radical (unpaired) electrons. The molecule has 0 fully saturated rings. The first-order valence-electron chi connectivity index (χ1n) is 5.96. The highest BCUT2D eigenvalue weighted by Crippen LogP contribution is 2.15. The average Bonchev–Trinajstić information content (AvgIpc) is 2.48. The summed E-state index contributed by atoms with van der Waals surface area (Å²) in [6, 6.07) is 13.6. The molecular formula is C14H12N4O. The molecular weight excluding hydrogens is 240 g/mol. The van der Waals surface area contributed by atoms with Gasteiger partial charge in [-0.05, 0) is 17.7 Å². The van der Waals surface area contributed by atoms with E-state index in [1.165, 1.54) is 0 Å². The fourth-order valence-corrected chi connectivity index (χ4v) is 1.91. The summed E-state index contributed by atoms with van der Waals surface area (Å²) in [5.74, 6) is 0.631. The lowest BCUT2D eigenvalue weighted by atomic mass is 10.2. The number of aromatic amines is 1. The van der Waals surface area contributed by atoms with Crippen molar-refractivity contribution in [3.05, 3.63) is 64.6 Å². The van der Waals surface area contributed by atoms with E-state index >= 15 is 0 Å². The van der Waals surface area contributed by atoms with Crippen molar-refractivity contribution in [1.82, 2.24) is 15.2 Å². The molecule has 1 aromatic carbocycles. The van der Waals surface area contributed by atoms with Gasteiger partial charge < -0.3 is 5.32 Å². The van der Waals surface area contributed by atoms with E-state index in [-0.39, 0.29) is 5.56 Å². The van der Waals surface area contributed by atoms with E-state index in [1.54, 1.807) is 12.3 Å². The normalized spacial score (nSPS) is 10.5. The zero-order valence-corrected chi connectivity index (χ0v) is 10.1. The minimum absolute atomic E-state index is 0.277. The number of hydrogen-bond acceptors (Lipinski definition) is 4. The molecule has 0 aliphatic carbocycles. The Morgan fingerprint density at radius 1 is 1.11 bits per heavy atom. The monoisotopic (exact) mass is 252 g/mol. The van der Waals surface area contributed by atoms with Crippen molar-refractivity contribution in [2.24, 2.45) is 0 Å². The van der Waals surface area contributed by atoms with Gasteiger partial charge in [0.25, 0.3) is 5.56 Å². The number of pyridine rings is 1. The first-order chi connectivity index (χ1) is 9.34. The topological polar surface area (TPSA) is 70.7 Å². The summed E-state index contributed by atoms with van der Waals surface area (Å²) < 4.78 is 0. The quantitative estimate of drug-likeness (QED) is 0.747. The Labute approximate surface area is 109 Å². The third-order valence-electron chi connectivity index (χ3n) is 2.85. The maximum atomic E-state index is 11.6. The maximum Gasteiger partial charge on any atom is 0.290 e. The molecule has 2 aromatic heterocycles. The average molecular weight is 252 g/mol. The Kier molecular flexibility index (Phi) is 2.94. The van der Waals surface area contributed by atoms with Crippen LogP contribution in [0.25, 0.3) is 10.9 Å². The van der Waals surface area contributed by atoms with Crippen LogP contribution in [0.5, 0.6) is 0 Å². The van der Waals surface area contributed by atoms with Gasteiger partial charge in [0.1, 0.15) is 5.52 Å². The number of aromatic nitrogens is 3. The molecule has 0 unspecified atom stereocenters. The summed E-state index contributed by atoms with van der Waals surface area (Å²) >= 11 is 0. The molecule has 0 saturated heterocycles. The van der Waals surface area contributed by atoms with Crippen LogP contribution < -0.4 is 10.9 Å². The van der Waals surface area contributed by atoms with Crippen LogP contribution in [0.4, 0.5) is 5.82 Å². The molecule has 3 aromatic rings. The minimum Gasteiger partial charge on any atom is -0.364 e. The van der Waals surface area contributed by atoms with Crippen LogP contribution in [0.1, 0.15) is 5.56 Å². The van der Waals surface area contributed by atoms with Crippen molar-refractivity contribution in [2.45, 2.75) is 6.54 Å². The maximum absolute atomic E-state index is 11.6. The standard InChI is InChI=1S/C14H12N4O/c19-14-12-11(7-4-8-15-12)13(17-18-14)16-9-10-5-2-1-3-6-10/h1-8H,9H2,(H,16,17)(H,18,19). The number of rotatable bonds is 3. The van der Waals surface area contributed by atoms with Crippen molar-refractivity contribution in [3.8, 4) is 0 Å². The Balaban J connectivity index is 1.94. The van der Waals surface area contributed by atoms with Crippen LogP contribution >= 0.6 is 0 Å². The molecule has 19 heavy (non-hydrogen) atoms. The number of benzene rings is 1. The van der Waals surface area contributed by atoms with Gasteiger partial charge in [0, 0.05) is 12.7 Å². The highest BCUT2D eigenvalue weighted by molar-refractivity contribution is 5.87. The summed E-state index contributed by atoms with van der Waals surface area (Å²) in [6.07, 6.45) is 1.60. The van der Waals surface area contributed by atoms with Crippen LogP contribution in [-0.2, 0) is 6.54 Å². The molecule has 5 nitrogen and oxygen atoms in total. The third-order valence-corrected chi connectivity index (χ3v) is 2.85. The van der Waals surface area contributed by atoms with Gasteiger partial charge in [0.2, 0.25) is 0 Å². The highest BCUT2D eigenvalue weighted by Gasteiger charge is 2.06. The zero-order chi connectivity index (χ0) is 13.1. The minimum atomic E-state index is -0.277. The second-order valence-corrected chi connectivity index (χ2v) is 4.14. The van der Waals surface area contributed by atoms with Gasteiger partial charge >= 0.3 is 0 Å². The van der Waals surface area contributed by atoms with E-state index in [1.807, 2.05) is 36.4 Å². The van der Waals surface area contributed by atoms with E-state index < -0.39 is 0 Å². The van der Waals surface area contributed by atoms with E-state index in [4.69, 9.17) is 0 Å². The van der Waals surface area contributed by atoms with E-state index in [2.05, 4.69) is 20.5 Å². The van der Waals surface area contributed by atoms with Crippen molar-refractivity contribution in [2.75, 3.05) is 5.32 Å². The predicted octanol–water partition coefficient (Wildman–Crippen LogP) is 1.93. The van der Waals surface area contributed by atoms with Crippen molar-refractivity contribution >= 4 is 16.7 Å². The number of nitrogens with zero attached hydrogens (tertiary/aromatic N) is 2. The van der Waals surface area contributed by atoms with Crippen molar-refractivity contribution in [1.29, 1.82) is 0 Å². The zero-order valence-electron chi connectivity index (χ0n) is 10.1. The van der Waals surface area contributed by atoms with Crippen LogP contribution in [0, 0.1) is 0 Å². The van der Waals surface area contributed by atoms with Crippen LogP contribution in [0.2, 0.25) is 0 Å². The van der Waals surface area contributed by atoms with E-state index in [0.717, 1.165) is 10.9 Å². The van der Waals surface area contributed by atoms with Crippen LogP contribution in [0.3, 0.4) is 0 Å². The van der Waals surface area contributed by atoms with E-state index in [9.17, 15) is 4.79 Å². The Morgan fingerprint density at radius 3 is 2.79 bits per heavy atom. The lowest BCUT2D eigenvalue weighted by Gasteiger charge is -2.07. The molecule has 0 bridgehead atoms. The Hall–Kier alpha value is -2.69. The fourth-order valence-electron chi connectivity index (χ4n) is 1.91. The summed E-state index contributed by atoms with van der Waals surface area (Å²) in [6.45, 7) is 0.643. The van der Waals surface area contributed by atoms with Gasteiger partial charge in [-0.25, -0.2) is 5.10 Å². The van der Waals surface area contributed by atoms with Crippen molar-refractivity contribution in [3.63, 3.8) is 0 Å². The first kappa shape index (κ1) is 11.4. The molecule has 0 atom stereocenters. The van der Waals surface area contributed by atoms with Gasteiger partial charge in [-0.2, -0.15) is 5.10 Å². The largest absolute Gasteiger partial charge is 0.364 e. The smallest absolute Gasteiger partial charge is 0.290 e. The molecule has 0 amide bonds. The molecule has 0 saturated carbocycles. The summed E-state index contributed by atoms with van der Waals surface area (Å²) in [5.41, 5.74) is 1.27. The van der Waals surface area contributed by atoms with Crippen LogP contribution in [0.15, 0.2) is 53.5 Å². The van der Waals surface area contributed by atoms with Gasteiger partial charge in [0.05, 0.1) is 5.39 Å². The number of nitrogens with one attached hydrogen (secondary N) is 2. The van der Waals surface area contributed by atoms with Crippen molar-refractivity contribution < 1.29 is 0 Å². The highest BCUT2D eigenvalue weighted by atomic mass is 16.1. The lowest BCUT2D eigenvalue weighted by molar-refractivity contribution is 0.982. The lowest BCUT2D eigenvalue weighted by Crippen LogP contribution is -2.13. The number of H-pyrrole nitrogens is 1. The van der Waals surface area contributed by atoms with Gasteiger partial charge in [0.15, 0.2) is 5.82 Å². The predicted molar refractivity (Wildman–Crippen MR) is 73.9 cm³/mol. The molecule has 0 aliphatic heterocycles. The second kappa shape index (κ2) is 4.89. The fraction of sp³-hybridized carbons (Fsp3) is 0.0714. The van der Waals surface area contributed by atoms with Crippen LogP contribution in [-0.4, -0.2) is 15.2 Å². The SMILES string of the molecule is O=c1[nH]nc(NCc2ccccc2)c2cccnc12. The van der Waals surface area contributed by atoms with E-state index in [0.29, 0.717) is 17.9 Å². The third kappa shape index (κ3) is 2.30. The van der Waals surface area contributed by atoms with Gasteiger partial charge in [-0.15, -0.1) is 0 Å². The van der Waals surface area contributed by atoms with Gasteiger partial charge in [-0.3, -0.25) is 9.78 Å². The number of hydrogen-bond donors (Lipinski definition) is 2. The molecule has 0 aliphatic rings. The molecule has 3 rings (SSSR count). The Bertz CT molecular complexity index is 752. The summed E-state index contributed by atoms with van der Waals surface area (Å²) in [7, 11) is 0. The molecule has 5 heteroatoms. The second-order valence-electron chi connectivity index (χ2n) is 4.14. The summed E-state index contributed by atoms with van der Waals surface area (Å²) in [5, 5.41) is 10.4. The first-order valence-corrected chi connectivity index (χ1v) is 5.96. The number of anilines is 1. The molecule has 2 N–H and O–H groups in total. The molecule has 2 heterocycles. The summed E-state index contributed by atoms with van der Waals surface area (Å²) in [4.78, 5) is 15.7. The number of fused-ring (bicyclic) bond motifs is 1. The molecule has 0 spiro atoms.